The van der Waals surface area contributed by atoms with Crippen molar-refractivity contribution < 1.29 is 33.8 Å². The number of aldehydes is 1. The highest BCUT2D eigenvalue weighted by molar-refractivity contribution is 7.32. The summed E-state index contributed by atoms with van der Waals surface area (Å²) < 4.78 is 14.5. The Morgan fingerprint density at radius 1 is 1.62 bits per heavy atom. The number of aliphatic hydroxyl groups excluding tert-OH is 2. The number of aliphatic hydroxyl groups is 2. The van der Waals surface area contributed by atoms with Gasteiger partial charge in [0.05, 0.1) is 12.6 Å². The fraction of sp³-hybridized carbons (Fsp3) is 0.714. The van der Waals surface area contributed by atoms with Gasteiger partial charge in [-0.25, -0.2) is 0 Å². The van der Waals surface area contributed by atoms with E-state index in [1.54, 1.807) is 0 Å². The third-order valence-corrected chi connectivity index (χ3v) is 2.10. The second-order valence-electron chi connectivity index (χ2n) is 2.92. The summed E-state index contributed by atoms with van der Waals surface area (Å²) in [6, 6.07) is -1.15. The molecule has 0 radical (unpaired) electrons. The Hall–Kier alpha value is -0.920. The first-order chi connectivity index (χ1) is 7.42. The van der Waals surface area contributed by atoms with Crippen LogP contribution in [-0.4, -0.2) is 52.2 Å². The number of nitrogens with one attached hydrogen (secondary N) is 1. The molecule has 0 aliphatic carbocycles. The topological polar surface area (TPSA) is 133 Å². The van der Waals surface area contributed by atoms with Gasteiger partial charge in [-0.05, 0) is 0 Å². The van der Waals surface area contributed by atoms with Gasteiger partial charge in [-0.1, -0.05) is 0 Å². The van der Waals surface area contributed by atoms with Gasteiger partial charge in [0.2, 0.25) is 5.91 Å². The lowest BCUT2D eigenvalue weighted by molar-refractivity contribution is -0.125. The molecule has 4 N–H and O–H groups in total. The number of rotatable bonds is 7. The third kappa shape index (κ3) is 5.24. The molecule has 9 heteroatoms. The van der Waals surface area contributed by atoms with Crippen LogP contribution in [0, 0.1) is 0 Å². The second kappa shape index (κ2) is 7.37. The Bertz CT molecular complexity index is 271. The van der Waals surface area contributed by atoms with E-state index in [0.29, 0.717) is 0 Å². The highest BCUT2D eigenvalue weighted by atomic mass is 31.1. The Morgan fingerprint density at radius 2 is 2.19 bits per heavy atom. The highest BCUT2D eigenvalue weighted by Gasteiger charge is 2.35. The van der Waals surface area contributed by atoms with Crippen molar-refractivity contribution in [1.82, 2.24) is 5.32 Å². The maximum absolute atomic E-state index is 10.7. The number of hydrogen-bond donors (Lipinski definition) is 4. The summed E-state index contributed by atoms with van der Waals surface area (Å²) >= 11 is 0. The van der Waals surface area contributed by atoms with E-state index < -0.39 is 39.0 Å². The molecule has 92 valence electrons. The van der Waals surface area contributed by atoms with Gasteiger partial charge in [-0.15, -0.1) is 9.42 Å². The zero-order valence-corrected chi connectivity index (χ0v) is 9.33. The Kier molecular flexibility index (Phi) is 6.95. The maximum atomic E-state index is 10.7. The zero-order valence-electron chi connectivity index (χ0n) is 8.44. The summed E-state index contributed by atoms with van der Waals surface area (Å²) in [7, 11) is -3.06. The molecule has 0 fully saturated rings. The van der Waals surface area contributed by atoms with Crippen molar-refractivity contribution in [2.24, 2.45) is 0 Å². The van der Waals surface area contributed by atoms with Crippen molar-refractivity contribution in [2.45, 2.75) is 25.2 Å². The first kappa shape index (κ1) is 15.1. The van der Waals surface area contributed by atoms with E-state index >= 15 is 0 Å². The fourth-order valence-corrected chi connectivity index (χ4v) is 1.38. The monoisotopic (exact) mass is 254 g/mol. The fourth-order valence-electron chi connectivity index (χ4n) is 1.00. The van der Waals surface area contributed by atoms with Crippen LogP contribution in [0.2, 0.25) is 0 Å². The molecule has 0 spiro atoms. The van der Waals surface area contributed by atoms with Crippen LogP contribution < -0.4 is 5.32 Å². The molecule has 8 nitrogen and oxygen atoms in total. The van der Waals surface area contributed by atoms with E-state index in [1.165, 1.54) is 0 Å². The van der Waals surface area contributed by atoms with Crippen molar-refractivity contribution >= 4 is 20.4 Å². The van der Waals surface area contributed by atoms with Crippen molar-refractivity contribution in [3.63, 3.8) is 0 Å². The summed E-state index contributed by atoms with van der Waals surface area (Å²) in [4.78, 5) is 29.6. The minimum absolute atomic E-state index is 0.110. The molecule has 0 aromatic rings. The third-order valence-electron chi connectivity index (χ3n) is 1.68. The molecule has 0 heterocycles. The number of hydrogen-bond acceptors (Lipinski definition) is 6. The van der Waals surface area contributed by atoms with E-state index in [0.717, 1.165) is 6.92 Å². The maximum Gasteiger partial charge on any atom is 0.695 e. The van der Waals surface area contributed by atoms with E-state index in [1.807, 2.05) is 0 Å². The van der Waals surface area contributed by atoms with Crippen molar-refractivity contribution in [2.75, 3.05) is 6.61 Å². The van der Waals surface area contributed by atoms with Crippen LogP contribution in [0.5, 0.6) is 0 Å². The second-order valence-corrected chi connectivity index (χ2v) is 3.61. The molecule has 0 aliphatic heterocycles. The first-order valence-corrected chi connectivity index (χ1v) is 5.39. The lowest BCUT2D eigenvalue weighted by Crippen LogP contribution is -2.50. The Balaban J connectivity index is 4.54. The van der Waals surface area contributed by atoms with Crippen molar-refractivity contribution in [3.8, 4) is 0 Å². The van der Waals surface area contributed by atoms with E-state index in [9.17, 15) is 19.3 Å². The summed E-state index contributed by atoms with van der Waals surface area (Å²) in [5, 5.41) is 20.5. The van der Waals surface area contributed by atoms with Gasteiger partial charge < -0.3 is 20.3 Å². The average molecular weight is 254 g/mol. The van der Waals surface area contributed by atoms with Crippen LogP contribution in [0.3, 0.4) is 0 Å². The van der Waals surface area contributed by atoms with Crippen LogP contribution >= 0.6 is 8.25 Å². The SMILES string of the molecule is CC(=O)NC(CO)[C@H](O)C(C=O)O[P+](=O)O. The normalized spacial score (nSPS) is 17.1. The minimum atomic E-state index is -3.06. The summed E-state index contributed by atoms with van der Waals surface area (Å²) in [5.74, 6) is -0.531. The van der Waals surface area contributed by atoms with Gasteiger partial charge in [0.25, 0.3) is 0 Å². The largest absolute Gasteiger partial charge is 0.695 e. The number of carbonyl (C=O) groups excluding carboxylic acids is 2. The van der Waals surface area contributed by atoms with Gasteiger partial charge in [0.1, 0.15) is 6.10 Å². The van der Waals surface area contributed by atoms with Gasteiger partial charge in [0.15, 0.2) is 12.4 Å². The summed E-state index contributed by atoms with van der Waals surface area (Å²) in [6.45, 7) is 0.509. The highest BCUT2D eigenvalue weighted by Crippen LogP contribution is 2.19. The molecular formula is C7H13NO7P+. The van der Waals surface area contributed by atoms with E-state index in [2.05, 4.69) is 9.84 Å². The van der Waals surface area contributed by atoms with E-state index in [-0.39, 0.29) is 6.29 Å². The molecular weight excluding hydrogens is 241 g/mol. The smallest absolute Gasteiger partial charge is 0.394 e. The molecule has 0 bridgehead atoms. The molecule has 16 heavy (non-hydrogen) atoms. The molecule has 1 amide bonds. The van der Waals surface area contributed by atoms with Crippen LogP contribution in [-0.2, 0) is 18.7 Å². The van der Waals surface area contributed by atoms with E-state index in [4.69, 9.17) is 10.00 Å². The molecule has 0 aromatic carbocycles. The lowest BCUT2D eigenvalue weighted by Gasteiger charge is -2.22. The number of carbonyl (C=O) groups is 2. The van der Waals surface area contributed by atoms with Gasteiger partial charge in [-0.2, -0.15) is 0 Å². The standard InChI is InChI=1S/C7H12NO7P/c1-4(11)8-5(2-9)7(12)6(3-10)15-16(13)14/h3,5-7,9,12H,2H2,1H3,(H-,8,11,13,14)/p+1/t5?,6?,7-/m0/s1. The first-order valence-electron chi connectivity index (χ1n) is 4.26. The van der Waals surface area contributed by atoms with Gasteiger partial charge >= 0.3 is 8.25 Å². The lowest BCUT2D eigenvalue weighted by atomic mass is 10.1. The molecule has 4 atom stereocenters. The molecule has 0 aromatic heterocycles. The molecule has 0 saturated carbocycles. The molecule has 0 rings (SSSR count). The van der Waals surface area contributed by atoms with Crippen molar-refractivity contribution in [1.29, 1.82) is 0 Å². The molecule has 3 unspecified atom stereocenters. The van der Waals surface area contributed by atoms with Gasteiger partial charge in [0, 0.05) is 11.5 Å². The minimum Gasteiger partial charge on any atom is -0.394 e. The molecule has 0 aliphatic rings. The summed E-state index contributed by atoms with van der Waals surface area (Å²) in [5.41, 5.74) is 0. The molecule has 0 saturated heterocycles. The van der Waals surface area contributed by atoms with Crippen LogP contribution in [0.4, 0.5) is 0 Å². The zero-order chi connectivity index (χ0) is 12.7. The van der Waals surface area contributed by atoms with Gasteiger partial charge in [-0.3, -0.25) is 4.79 Å². The Morgan fingerprint density at radius 3 is 2.50 bits per heavy atom. The van der Waals surface area contributed by atoms with Crippen molar-refractivity contribution in [3.05, 3.63) is 0 Å². The van der Waals surface area contributed by atoms with Crippen LogP contribution in [0.1, 0.15) is 6.92 Å². The predicted octanol–water partition coefficient (Wildman–Crippen LogP) is -1.92. The summed E-state index contributed by atoms with van der Waals surface area (Å²) in [6.07, 6.45) is -3.10. The average Bonchev–Trinajstić information content (AvgIpc) is 2.20. The van der Waals surface area contributed by atoms with Crippen LogP contribution in [0.25, 0.3) is 0 Å². The Labute approximate surface area is 92.2 Å². The predicted molar refractivity (Wildman–Crippen MR) is 51.5 cm³/mol. The number of amides is 1. The quantitative estimate of drug-likeness (QED) is 0.307. The van der Waals surface area contributed by atoms with Crippen LogP contribution in [0.15, 0.2) is 0 Å².